The fraction of sp³-hybridized carbons (Fsp3) is 0.278. The molecule has 0 spiro atoms. The monoisotopic (exact) mass is 281 g/mol. The van der Waals surface area contributed by atoms with Crippen molar-refractivity contribution in [3.05, 3.63) is 59.7 Å². The van der Waals surface area contributed by atoms with Gasteiger partial charge in [0.1, 0.15) is 5.75 Å². The Kier molecular flexibility index (Phi) is 3.91. The molecule has 0 heterocycles. The van der Waals surface area contributed by atoms with Gasteiger partial charge in [-0.05, 0) is 42.5 Å². The number of carbonyl (C=O) groups excluding carboxylic acids is 1. The number of rotatable bonds is 3. The Morgan fingerprint density at radius 3 is 2.90 bits per heavy atom. The van der Waals surface area contributed by atoms with E-state index >= 15 is 0 Å². The van der Waals surface area contributed by atoms with Crippen LogP contribution in [0.5, 0.6) is 5.75 Å². The molecule has 1 unspecified atom stereocenters. The maximum Gasteiger partial charge on any atom is 0.231 e. The third-order valence-corrected chi connectivity index (χ3v) is 4.02. The summed E-state index contributed by atoms with van der Waals surface area (Å²) < 4.78 is 5.19. The van der Waals surface area contributed by atoms with Gasteiger partial charge in [0.05, 0.1) is 13.0 Å². The Morgan fingerprint density at radius 1 is 1.19 bits per heavy atom. The molecule has 3 nitrogen and oxygen atoms in total. The fourth-order valence-electron chi connectivity index (χ4n) is 2.96. The van der Waals surface area contributed by atoms with Crippen LogP contribution in [0.15, 0.2) is 48.5 Å². The standard InChI is InChI=1S/C18H19NO2/c1-21-15-9-5-8-14(12-15)19-18(20)17-11-4-7-13-6-2-3-10-16(13)17/h2-3,5-6,8-10,12,17H,4,7,11H2,1H3,(H,19,20). The summed E-state index contributed by atoms with van der Waals surface area (Å²) in [4.78, 5) is 12.6. The Balaban J connectivity index is 1.80. The summed E-state index contributed by atoms with van der Waals surface area (Å²) >= 11 is 0. The van der Waals surface area contributed by atoms with Gasteiger partial charge in [0.2, 0.25) is 5.91 Å². The van der Waals surface area contributed by atoms with E-state index < -0.39 is 0 Å². The average Bonchev–Trinajstić information content (AvgIpc) is 2.54. The van der Waals surface area contributed by atoms with Crippen LogP contribution in [0.4, 0.5) is 5.69 Å². The van der Waals surface area contributed by atoms with Crippen molar-refractivity contribution in [2.24, 2.45) is 0 Å². The van der Waals surface area contributed by atoms with E-state index in [1.807, 2.05) is 36.4 Å². The molecule has 1 N–H and O–H groups in total. The number of carbonyl (C=O) groups is 1. The van der Waals surface area contributed by atoms with E-state index in [1.165, 1.54) is 11.1 Å². The van der Waals surface area contributed by atoms with Gasteiger partial charge in [-0.2, -0.15) is 0 Å². The van der Waals surface area contributed by atoms with Crippen molar-refractivity contribution in [3.8, 4) is 5.75 Å². The normalized spacial score (nSPS) is 16.9. The van der Waals surface area contributed by atoms with Crippen LogP contribution >= 0.6 is 0 Å². The zero-order valence-corrected chi connectivity index (χ0v) is 12.1. The molecule has 3 rings (SSSR count). The highest BCUT2D eigenvalue weighted by Gasteiger charge is 2.26. The van der Waals surface area contributed by atoms with Crippen molar-refractivity contribution < 1.29 is 9.53 Å². The zero-order valence-electron chi connectivity index (χ0n) is 12.1. The zero-order chi connectivity index (χ0) is 14.7. The Bertz CT molecular complexity index is 651. The van der Waals surface area contributed by atoms with Crippen LogP contribution in [-0.4, -0.2) is 13.0 Å². The summed E-state index contributed by atoms with van der Waals surface area (Å²) in [7, 11) is 1.62. The van der Waals surface area contributed by atoms with Gasteiger partial charge >= 0.3 is 0 Å². The van der Waals surface area contributed by atoms with Crippen molar-refractivity contribution in [2.75, 3.05) is 12.4 Å². The average molecular weight is 281 g/mol. The molecule has 0 aliphatic heterocycles. The summed E-state index contributed by atoms with van der Waals surface area (Å²) in [6, 6.07) is 15.7. The number of aryl methyl sites for hydroxylation is 1. The number of hydrogen-bond donors (Lipinski definition) is 1. The number of methoxy groups -OCH3 is 1. The first-order chi connectivity index (χ1) is 10.3. The van der Waals surface area contributed by atoms with E-state index in [9.17, 15) is 4.79 Å². The van der Waals surface area contributed by atoms with Crippen molar-refractivity contribution in [1.82, 2.24) is 0 Å². The number of hydrogen-bond acceptors (Lipinski definition) is 2. The molecule has 2 aromatic rings. The number of anilines is 1. The van der Waals surface area contributed by atoms with Crippen molar-refractivity contribution in [3.63, 3.8) is 0 Å². The summed E-state index contributed by atoms with van der Waals surface area (Å²) in [5.74, 6) is 0.758. The molecule has 1 aliphatic rings. The summed E-state index contributed by atoms with van der Waals surface area (Å²) in [6.07, 6.45) is 3.04. The molecule has 0 saturated heterocycles. The summed E-state index contributed by atoms with van der Waals surface area (Å²) in [6.45, 7) is 0. The molecule has 0 aromatic heterocycles. The van der Waals surface area contributed by atoms with Crippen molar-refractivity contribution in [1.29, 1.82) is 0 Å². The molecule has 0 saturated carbocycles. The second-order valence-corrected chi connectivity index (χ2v) is 5.36. The maximum atomic E-state index is 12.6. The van der Waals surface area contributed by atoms with E-state index in [4.69, 9.17) is 4.74 Å². The van der Waals surface area contributed by atoms with Gasteiger partial charge in [0.15, 0.2) is 0 Å². The first kappa shape index (κ1) is 13.7. The smallest absolute Gasteiger partial charge is 0.231 e. The SMILES string of the molecule is COc1cccc(NC(=O)C2CCCc3ccccc32)c1. The Hall–Kier alpha value is -2.29. The number of nitrogens with one attached hydrogen (secondary N) is 1. The quantitative estimate of drug-likeness (QED) is 0.930. The lowest BCUT2D eigenvalue weighted by molar-refractivity contribution is -0.117. The Labute approximate surface area is 124 Å². The van der Waals surface area contributed by atoms with Gasteiger partial charge in [-0.25, -0.2) is 0 Å². The molecule has 1 amide bonds. The van der Waals surface area contributed by atoms with Crippen LogP contribution in [0.3, 0.4) is 0 Å². The highest BCUT2D eigenvalue weighted by atomic mass is 16.5. The second-order valence-electron chi connectivity index (χ2n) is 5.36. The third kappa shape index (κ3) is 2.92. The number of amides is 1. The molecule has 2 aromatic carbocycles. The molecule has 1 aliphatic carbocycles. The van der Waals surface area contributed by atoms with E-state index in [0.29, 0.717) is 0 Å². The van der Waals surface area contributed by atoms with Crippen LogP contribution in [0, 0.1) is 0 Å². The van der Waals surface area contributed by atoms with Gasteiger partial charge in [0.25, 0.3) is 0 Å². The molecule has 0 fully saturated rings. The minimum atomic E-state index is -0.0545. The highest BCUT2D eigenvalue weighted by molar-refractivity contribution is 5.96. The molecule has 0 bridgehead atoms. The molecule has 108 valence electrons. The fourth-order valence-corrected chi connectivity index (χ4v) is 2.96. The summed E-state index contributed by atoms with van der Waals surface area (Å²) in [5, 5.41) is 3.01. The lowest BCUT2D eigenvalue weighted by Crippen LogP contribution is -2.24. The number of fused-ring (bicyclic) bond motifs is 1. The molecule has 3 heteroatoms. The second kappa shape index (κ2) is 6.00. The number of ether oxygens (including phenoxy) is 1. The van der Waals surface area contributed by atoms with E-state index in [-0.39, 0.29) is 11.8 Å². The van der Waals surface area contributed by atoms with Crippen LogP contribution in [0.1, 0.15) is 29.9 Å². The predicted octanol–water partition coefficient (Wildman–Crippen LogP) is 3.75. The maximum absolute atomic E-state index is 12.6. The predicted molar refractivity (Wildman–Crippen MR) is 83.7 cm³/mol. The highest BCUT2D eigenvalue weighted by Crippen LogP contribution is 2.32. The van der Waals surface area contributed by atoms with E-state index in [2.05, 4.69) is 17.4 Å². The first-order valence-electron chi connectivity index (χ1n) is 7.30. The topological polar surface area (TPSA) is 38.3 Å². The first-order valence-corrected chi connectivity index (χ1v) is 7.30. The van der Waals surface area contributed by atoms with Crippen molar-refractivity contribution >= 4 is 11.6 Å². The van der Waals surface area contributed by atoms with Gasteiger partial charge in [-0.1, -0.05) is 30.3 Å². The van der Waals surface area contributed by atoms with Gasteiger partial charge in [0, 0.05) is 11.8 Å². The molecular formula is C18H19NO2. The molecule has 0 radical (unpaired) electrons. The largest absolute Gasteiger partial charge is 0.497 e. The van der Waals surface area contributed by atoms with Crippen LogP contribution in [0.25, 0.3) is 0 Å². The van der Waals surface area contributed by atoms with E-state index in [1.54, 1.807) is 7.11 Å². The lowest BCUT2D eigenvalue weighted by Gasteiger charge is -2.24. The molecule has 21 heavy (non-hydrogen) atoms. The Morgan fingerprint density at radius 2 is 2.05 bits per heavy atom. The van der Waals surface area contributed by atoms with Crippen molar-refractivity contribution in [2.45, 2.75) is 25.2 Å². The van der Waals surface area contributed by atoms with Gasteiger partial charge in [-0.3, -0.25) is 4.79 Å². The third-order valence-electron chi connectivity index (χ3n) is 4.02. The minimum absolute atomic E-state index is 0.0545. The lowest BCUT2D eigenvalue weighted by atomic mass is 9.82. The number of benzene rings is 2. The minimum Gasteiger partial charge on any atom is -0.497 e. The molecule has 1 atom stereocenters. The van der Waals surface area contributed by atoms with Gasteiger partial charge < -0.3 is 10.1 Å². The summed E-state index contributed by atoms with van der Waals surface area (Å²) in [5.41, 5.74) is 3.25. The van der Waals surface area contributed by atoms with E-state index in [0.717, 1.165) is 30.7 Å². The van der Waals surface area contributed by atoms with Gasteiger partial charge in [-0.15, -0.1) is 0 Å². The van der Waals surface area contributed by atoms with Crippen LogP contribution in [-0.2, 0) is 11.2 Å². The van der Waals surface area contributed by atoms with Crippen LogP contribution < -0.4 is 10.1 Å². The molecular weight excluding hydrogens is 262 g/mol. The van der Waals surface area contributed by atoms with Crippen LogP contribution in [0.2, 0.25) is 0 Å².